The van der Waals surface area contributed by atoms with Crippen molar-refractivity contribution in [1.29, 1.82) is 5.41 Å². The molecule has 0 saturated heterocycles. The smallest absolute Gasteiger partial charge is 0.326 e. The van der Waals surface area contributed by atoms with Crippen LogP contribution in [0.4, 0.5) is 11.4 Å². The minimum atomic E-state index is -4.13. The summed E-state index contributed by atoms with van der Waals surface area (Å²) in [5.74, 6) is -2.38. The van der Waals surface area contributed by atoms with E-state index in [-0.39, 0.29) is 35.4 Å². The number of nitrogen functional groups attached to an aromatic ring is 1. The molecule has 1 heterocycles. The third-order valence-corrected chi connectivity index (χ3v) is 8.11. The summed E-state index contributed by atoms with van der Waals surface area (Å²) >= 11 is 0. The zero-order valence-electron chi connectivity index (χ0n) is 24.5. The summed E-state index contributed by atoms with van der Waals surface area (Å²) in [4.78, 5) is 51.9. The second kappa shape index (κ2) is 14.0. The number of rotatable bonds is 12. The van der Waals surface area contributed by atoms with Crippen LogP contribution in [0, 0.1) is 12.3 Å². The van der Waals surface area contributed by atoms with Crippen LogP contribution in [0.1, 0.15) is 28.4 Å². The highest BCUT2D eigenvalue weighted by Crippen LogP contribution is 2.34. The Hall–Kier alpha value is -5.28. The number of aryl methyl sites for hydroxylation is 1. The van der Waals surface area contributed by atoms with Crippen LogP contribution < -0.4 is 30.7 Å². The van der Waals surface area contributed by atoms with Crippen LogP contribution in [0.3, 0.4) is 0 Å². The van der Waals surface area contributed by atoms with E-state index in [9.17, 15) is 27.6 Å². The highest BCUT2D eigenvalue weighted by molar-refractivity contribution is 7.89. The number of ether oxygens (including phenoxy) is 2. The minimum Gasteiger partial charge on any atom is -0.481 e. The van der Waals surface area contributed by atoms with Crippen molar-refractivity contribution < 1.29 is 37.1 Å². The largest absolute Gasteiger partial charge is 0.481 e. The Morgan fingerprint density at radius 2 is 1.71 bits per heavy atom. The van der Waals surface area contributed by atoms with Gasteiger partial charge in [0.05, 0.1) is 17.2 Å². The molecule has 6 N–H and O–H groups in total. The van der Waals surface area contributed by atoms with Crippen LogP contribution in [-0.2, 0) is 29.1 Å². The Kier molecular flexibility index (Phi) is 10.2. The molecule has 1 atom stereocenters. The van der Waals surface area contributed by atoms with Gasteiger partial charge in [0, 0.05) is 29.4 Å². The molecule has 4 rings (SSSR count). The quantitative estimate of drug-likeness (QED) is 0.110. The van der Waals surface area contributed by atoms with Gasteiger partial charge in [0.1, 0.15) is 24.2 Å². The molecule has 45 heavy (non-hydrogen) atoms. The number of hydrogen-bond acceptors (Lipinski definition) is 9. The van der Waals surface area contributed by atoms with Crippen LogP contribution in [0.5, 0.6) is 5.75 Å². The second-order valence-corrected chi connectivity index (χ2v) is 11.7. The lowest BCUT2D eigenvalue weighted by Gasteiger charge is -2.29. The number of benzene rings is 3. The molecule has 1 unspecified atom stereocenters. The van der Waals surface area contributed by atoms with E-state index in [1.807, 2.05) is 0 Å². The number of amides is 3. The first-order chi connectivity index (χ1) is 21.4. The van der Waals surface area contributed by atoms with E-state index >= 15 is 0 Å². The first kappa shape index (κ1) is 32.6. The molecule has 3 aromatic rings. The number of carbonyl (C=O) groups is 4. The van der Waals surface area contributed by atoms with E-state index in [1.165, 1.54) is 47.4 Å². The van der Waals surface area contributed by atoms with Crippen LogP contribution in [0.25, 0.3) is 0 Å². The van der Waals surface area contributed by atoms with Gasteiger partial charge in [-0.1, -0.05) is 29.8 Å². The summed E-state index contributed by atoms with van der Waals surface area (Å²) in [6.07, 6.45) is 0. The van der Waals surface area contributed by atoms with Crippen LogP contribution >= 0.6 is 0 Å². The lowest BCUT2D eigenvalue weighted by atomic mass is 10.1. The molecule has 0 aliphatic carbocycles. The number of nitrogens with one attached hydrogen (secondary N) is 4. The summed E-state index contributed by atoms with van der Waals surface area (Å²) < 4.78 is 38.6. The van der Waals surface area contributed by atoms with E-state index in [4.69, 9.17) is 20.6 Å². The Labute approximate surface area is 259 Å². The highest BCUT2D eigenvalue weighted by atomic mass is 32.2. The van der Waals surface area contributed by atoms with E-state index in [2.05, 4.69) is 15.4 Å². The molecule has 0 radical (unpaired) electrons. The first-order valence-corrected chi connectivity index (χ1v) is 15.2. The summed E-state index contributed by atoms with van der Waals surface area (Å²) in [7, 11) is -4.13. The molecular formula is C30H32N6O8S. The maximum absolute atomic E-state index is 12.9. The second-order valence-electron chi connectivity index (χ2n) is 9.94. The van der Waals surface area contributed by atoms with Gasteiger partial charge in [0.2, 0.25) is 15.9 Å². The SMILES string of the molecule is CCOC(=O)C(CNC(=O)CN1C(=O)COc2cc(NC(=O)c3ccc(C(=N)N)cc3)ccc21)NS(=O)(=O)c1ccc(C)cc1. The topological polar surface area (TPSA) is 210 Å². The number of carbonyl (C=O) groups excluding carboxylic acids is 4. The Morgan fingerprint density at radius 3 is 2.36 bits per heavy atom. The lowest BCUT2D eigenvalue weighted by molar-refractivity contribution is -0.145. The third kappa shape index (κ3) is 8.21. The van der Waals surface area contributed by atoms with Gasteiger partial charge in [-0.15, -0.1) is 0 Å². The Bertz CT molecular complexity index is 1730. The molecule has 3 amide bonds. The molecule has 0 spiro atoms. The van der Waals surface area contributed by atoms with Crippen LogP contribution in [0.2, 0.25) is 0 Å². The number of amidine groups is 1. The van der Waals surface area contributed by atoms with Crippen molar-refractivity contribution in [2.45, 2.75) is 24.8 Å². The molecule has 14 nitrogen and oxygen atoms in total. The normalized spacial score (nSPS) is 13.2. The predicted molar refractivity (Wildman–Crippen MR) is 165 cm³/mol. The molecule has 3 aromatic carbocycles. The van der Waals surface area contributed by atoms with Crippen molar-refractivity contribution in [3.63, 3.8) is 0 Å². The summed E-state index contributed by atoms with van der Waals surface area (Å²) in [6.45, 7) is 2.09. The van der Waals surface area contributed by atoms with Gasteiger partial charge in [-0.05, 0) is 50.2 Å². The molecule has 236 valence electrons. The van der Waals surface area contributed by atoms with Gasteiger partial charge in [-0.3, -0.25) is 29.5 Å². The molecule has 0 saturated carbocycles. The summed E-state index contributed by atoms with van der Waals surface area (Å²) in [5.41, 5.74) is 7.74. The van der Waals surface area contributed by atoms with Crippen molar-refractivity contribution >= 4 is 50.9 Å². The molecule has 0 bridgehead atoms. The average molecular weight is 637 g/mol. The van der Waals surface area contributed by atoms with Gasteiger partial charge in [0.25, 0.3) is 11.8 Å². The fourth-order valence-electron chi connectivity index (χ4n) is 4.26. The molecule has 0 fully saturated rings. The van der Waals surface area contributed by atoms with Crippen LogP contribution in [0.15, 0.2) is 71.6 Å². The van der Waals surface area contributed by atoms with E-state index in [0.29, 0.717) is 16.8 Å². The number of sulfonamides is 1. The maximum Gasteiger partial charge on any atom is 0.326 e. The Balaban J connectivity index is 1.42. The van der Waals surface area contributed by atoms with E-state index in [0.717, 1.165) is 5.56 Å². The average Bonchev–Trinajstić information content (AvgIpc) is 3.01. The van der Waals surface area contributed by atoms with E-state index < -0.39 is 52.8 Å². The summed E-state index contributed by atoms with van der Waals surface area (Å²) in [6, 6.07) is 15.3. The number of nitrogens with two attached hydrogens (primary N) is 1. The van der Waals surface area contributed by atoms with Crippen LogP contribution in [-0.4, -0.2) is 70.3 Å². The predicted octanol–water partition coefficient (Wildman–Crippen LogP) is 1.28. The lowest BCUT2D eigenvalue weighted by Crippen LogP contribution is -2.51. The Morgan fingerprint density at radius 1 is 1.04 bits per heavy atom. The number of hydrogen-bond donors (Lipinski definition) is 5. The fourth-order valence-corrected chi connectivity index (χ4v) is 5.45. The monoisotopic (exact) mass is 636 g/mol. The molecule has 1 aliphatic rings. The van der Waals surface area contributed by atoms with Gasteiger partial charge in [-0.2, -0.15) is 4.72 Å². The number of esters is 1. The van der Waals surface area contributed by atoms with Crippen molar-refractivity contribution in [2.75, 3.05) is 36.5 Å². The standard InChI is InChI=1S/C30H32N6O8S/c1-3-43-30(40)23(35-45(41,42)22-11-4-18(2)5-12-22)15-33-26(37)16-36-24-13-10-21(14-25(24)44-17-27(36)38)34-29(39)20-8-6-19(7-9-20)28(31)32/h4-14,23,35H,3,15-17H2,1-2H3,(H3,31,32)(H,33,37)(H,34,39). The first-order valence-electron chi connectivity index (χ1n) is 13.7. The van der Waals surface area contributed by atoms with Crippen molar-refractivity contribution in [1.82, 2.24) is 10.0 Å². The third-order valence-electron chi connectivity index (χ3n) is 6.62. The zero-order valence-corrected chi connectivity index (χ0v) is 25.3. The highest BCUT2D eigenvalue weighted by Gasteiger charge is 2.30. The van der Waals surface area contributed by atoms with Gasteiger partial charge in [0.15, 0.2) is 6.61 Å². The van der Waals surface area contributed by atoms with Crippen molar-refractivity contribution in [3.05, 3.63) is 83.4 Å². The van der Waals surface area contributed by atoms with Gasteiger partial charge in [-0.25, -0.2) is 8.42 Å². The number of anilines is 2. The molecular weight excluding hydrogens is 604 g/mol. The van der Waals surface area contributed by atoms with Gasteiger partial charge >= 0.3 is 5.97 Å². The molecule has 1 aliphatic heterocycles. The minimum absolute atomic E-state index is 0.0107. The maximum atomic E-state index is 12.9. The fraction of sp³-hybridized carbons (Fsp3) is 0.233. The zero-order chi connectivity index (χ0) is 32.7. The number of nitrogens with zero attached hydrogens (tertiary/aromatic N) is 1. The van der Waals surface area contributed by atoms with Crippen molar-refractivity contribution in [2.24, 2.45) is 5.73 Å². The van der Waals surface area contributed by atoms with E-state index in [1.54, 1.807) is 38.1 Å². The number of fused-ring (bicyclic) bond motifs is 1. The molecule has 15 heteroatoms. The van der Waals surface area contributed by atoms with Gasteiger partial charge < -0.3 is 25.8 Å². The summed E-state index contributed by atoms with van der Waals surface area (Å²) in [5, 5.41) is 12.7. The van der Waals surface area contributed by atoms with Crippen molar-refractivity contribution in [3.8, 4) is 5.75 Å². The molecule has 0 aromatic heterocycles.